The van der Waals surface area contributed by atoms with Gasteiger partial charge in [-0.15, -0.1) is 0 Å². The van der Waals surface area contributed by atoms with E-state index in [1.54, 1.807) is 24.7 Å². The predicted molar refractivity (Wildman–Crippen MR) is 197 cm³/mol. The van der Waals surface area contributed by atoms with Crippen LogP contribution in [0.5, 0.6) is 17.2 Å². The van der Waals surface area contributed by atoms with Crippen LogP contribution in [0.2, 0.25) is 0 Å². The van der Waals surface area contributed by atoms with Gasteiger partial charge in [0, 0.05) is 24.3 Å². The van der Waals surface area contributed by atoms with E-state index in [1.165, 1.54) is 17.2 Å². The molecule has 2 aliphatic rings. The third-order valence-electron chi connectivity index (χ3n) is 9.43. The number of hydrogen-bond acceptors (Lipinski definition) is 9. The van der Waals surface area contributed by atoms with Gasteiger partial charge in [0.1, 0.15) is 47.2 Å². The zero-order valence-electron chi connectivity index (χ0n) is 30.0. The molecule has 5 heterocycles. The van der Waals surface area contributed by atoms with Crippen molar-refractivity contribution in [2.75, 3.05) is 13.2 Å². The lowest BCUT2D eigenvalue weighted by molar-refractivity contribution is -0.270. The van der Waals surface area contributed by atoms with Crippen LogP contribution in [-0.4, -0.2) is 30.9 Å². The highest BCUT2D eigenvalue weighted by molar-refractivity contribution is 6.01. The van der Waals surface area contributed by atoms with Crippen molar-refractivity contribution in [3.63, 3.8) is 0 Å². The molecule has 5 aromatic rings. The van der Waals surface area contributed by atoms with Crippen LogP contribution in [0.25, 0.3) is 39.0 Å². The van der Waals surface area contributed by atoms with Gasteiger partial charge in [-0.25, -0.2) is 4.79 Å². The molecule has 2 atom stereocenters. The first-order valence-corrected chi connectivity index (χ1v) is 17.4. The molecule has 2 aromatic carbocycles. The standard InChI is InChI=1S/C42H44O9/c1-26(2)8-7-9-27(3)15-20-47-40-30-14-19-42(49-36(30)25-34-32(40)18-23-45-34)50-37(41(5,6)51-42)12-10-28(4)16-21-46-39-29-11-13-38(43)48-35(29)24-33-31(39)17-22-44-33/h8,11,13-19,22-25,37H,7,9-10,12,20-21H2,1-6H3/t37-,42?/m1/s1. The maximum Gasteiger partial charge on any atom is 0.350 e. The molecule has 7 rings (SSSR count). The molecule has 0 radical (unpaired) electrons. The molecule has 1 unspecified atom stereocenters. The van der Waals surface area contributed by atoms with E-state index >= 15 is 0 Å². The van der Waals surface area contributed by atoms with Crippen molar-refractivity contribution in [3.05, 3.63) is 106 Å². The van der Waals surface area contributed by atoms with Crippen LogP contribution < -0.4 is 19.8 Å². The highest BCUT2D eigenvalue weighted by Crippen LogP contribution is 2.48. The monoisotopic (exact) mass is 692 g/mol. The van der Waals surface area contributed by atoms with Gasteiger partial charge in [0.25, 0.3) is 0 Å². The number of fused-ring (bicyclic) bond motifs is 4. The van der Waals surface area contributed by atoms with Gasteiger partial charge in [0.05, 0.1) is 46.0 Å². The summed E-state index contributed by atoms with van der Waals surface area (Å²) in [4.78, 5) is 11.8. The Labute approximate surface area is 296 Å². The summed E-state index contributed by atoms with van der Waals surface area (Å²) >= 11 is 0. The Morgan fingerprint density at radius 2 is 1.47 bits per heavy atom. The molecule has 2 aliphatic heterocycles. The van der Waals surface area contributed by atoms with Gasteiger partial charge in [0.15, 0.2) is 0 Å². The van der Waals surface area contributed by atoms with Gasteiger partial charge in [-0.05, 0) is 104 Å². The maximum absolute atomic E-state index is 11.8. The third kappa shape index (κ3) is 7.27. The van der Waals surface area contributed by atoms with Gasteiger partial charge in [-0.2, -0.15) is 0 Å². The van der Waals surface area contributed by atoms with Crippen LogP contribution in [0.15, 0.2) is 108 Å². The number of ether oxygens (including phenoxy) is 5. The molecule has 51 heavy (non-hydrogen) atoms. The van der Waals surface area contributed by atoms with E-state index in [2.05, 4.69) is 39.8 Å². The molecule has 1 saturated heterocycles. The summed E-state index contributed by atoms with van der Waals surface area (Å²) in [6, 6.07) is 10.4. The van der Waals surface area contributed by atoms with Crippen LogP contribution in [0.3, 0.4) is 0 Å². The lowest BCUT2D eigenvalue weighted by Gasteiger charge is -2.30. The van der Waals surface area contributed by atoms with Gasteiger partial charge < -0.3 is 36.9 Å². The normalized spacial score (nSPS) is 19.9. The highest BCUT2D eigenvalue weighted by Gasteiger charge is 2.54. The Morgan fingerprint density at radius 3 is 2.22 bits per heavy atom. The van der Waals surface area contributed by atoms with Crippen molar-refractivity contribution in [2.45, 2.75) is 84.9 Å². The first-order valence-electron chi connectivity index (χ1n) is 17.4. The van der Waals surface area contributed by atoms with Crippen LogP contribution in [0.4, 0.5) is 0 Å². The smallest absolute Gasteiger partial charge is 0.350 e. The number of benzene rings is 2. The highest BCUT2D eigenvalue weighted by atomic mass is 16.9. The van der Waals surface area contributed by atoms with E-state index in [9.17, 15) is 4.79 Å². The van der Waals surface area contributed by atoms with Crippen LogP contribution in [-0.2, 0) is 9.47 Å². The molecule has 9 heteroatoms. The summed E-state index contributed by atoms with van der Waals surface area (Å²) in [6.07, 6.45) is 16.7. The first-order chi connectivity index (χ1) is 24.5. The minimum Gasteiger partial charge on any atom is -0.488 e. The number of hydrogen-bond donors (Lipinski definition) is 0. The van der Waals surface area contributed by atoms with Gasteiger partial charge in [-0.1, -0.05) is 22.8 Å². The topological polar surface area (TPSA) is 103 Å². The third-order valence-corrected chi connectivity index (χ3v) is 9.43. The Kier molecular flexibility index (Phi) is 9.44. The Morgan fingerprint density at radius 1 is 0.804 bits per heavy atom. The lowest BCUT2D eigenvalue weighted by atomic mass is 9.96. The van der Waals surface area contributed by atoms with Crippen LogP contribution in [0, 0.1) is 0 Å². The average molecular weight is 693 g/mol. The second-order valence-corrected chi connectivity index (χ2v) is 14.1. The zero-order valence-corrected chi connectivity index (χ0v) is 30.0. The van der Waals surface area contributed by atoms with Gasteiger partial charge in [-0.3, -0.25) is 0 Å². The Hall–Kier alpha value is -4.99. The number of furan rings is 2. The minimum atomic E-state index is -1.37. The van der Waals surface area contributed by atoms with Crippen LogP contribution in [0.1, 0.15) is 72.8 Å². The summed E-state index contributed by atoms with van der Waals surface area (Å²) < 4.78 is 48.9. The Balaban J connectivity index is 1.01. The van der Waals surface area contributed by atoms with E-state index < -0.39 is 17.2 Å². The van der Waals surface area contributed by atoms with Crippen molar-refractivity contribution in [2.24, 2.45) is 0 Å². The van der Waals surface area contributed by atoms with E-state index in [0.29, 0.717) is 59.0 Å². The Bertz CT molecular complexity index is 2250. The van der Waals surface area contributed by atoms with Crippen molar-refractivity contribution in [3.8, 4) is 17.2 Å². The van der Waals surface area contributed by atoms with E-state index in [0.717, 1.165) is 41.2 Å². The second kappa shape index (κ2) is 14.0. The summed E-state index contributed by atoms with van der Waals surface area (Å²) in [5.41, 5.74) is 5.19. The molecule has 266 valence electrons. The molecule has 0 amide bonds. The zero-order chi connectivity index (χ0) is 35.8. The largest absolute Gasteiger partial charge is 0.488 e. The molecule has 1 fully saturated rings. The molecule has 0 saturated carbocycles. The van der Waals surface area contributed by atoms with Crippen molar-refractivity contribution >= 4 is 39.0 Å². The summed E-state index contributed by atoms with van der Waals surface area (Å²) in [7, 11) is 0. The van der Waals surface area contributed by atoms with E-state index in [1.807, 2.05) is 50.3 Å². The van der Waals surface area contributed by atoms with Crippen molar-refractivity contribution in [1.29, 1.82) is 0 Å². The molecule has 3 aromatic heterocycles. The predicted octanol–water partition coefficient (Wildman–Crippen LogP) is 10.4. The fraction of sp³-hybridized carbons (Fsp3) is 0.357. The fourth-order valence-corrected chi connectivity index (χ4v) is 6.62. The van der Waals surface area contributed by atoms with E-state index in [4.69, 9.17) is 36.9 Å². The maximum atomic E-state index is 11.8. The van der Waals surface area contributed by atoms with Gasteiger partial charge in [0.2, 0.25) is 0 Å². The minimum absolute atomic E-state index is 0.248. The molecule has 0 bridgehead atoms. The molecular weight excluding hydrogens is 648 g/mol. The number of rotatable bonds is 12. The average Bonchev–Trinajstić information content (AvgIpc) is 3.80. The van der Waals surface area contributed by atoms with Crippen LogP contribution >= 0.6 is 0 Å². The van der Waals surface area contributed by atoms with Gasteiger partial charge >= 0.3 is 11.6 Å². The number of allylic oxidation sites excluding steroid dienone is 4. The fourth-order valence-electron chi connectivity index (χ4n) is 6.62. The van der Waals surface area contributed by atoms with E-state index in [-0.39, 0.29) is 6.10 Å². The SMILES string of the molecule is CC(C)=CCCC(C)=CCOc1c2c(cc3occc13)OC1(C=C2)O[C@H](CCC(C)=CCOc2c3ccoc3cc3oc(=O)ccc23)C(C)(C)O1. The summed E-state index contributed by atoms with van der Waals surface area (Å²) in [6.45, 7) is 13.3. The summed E-state index contributed by atoms with van der Waals surface area (Å²) in [5, 5.41) is 2.41. The van der Waals surface area contributed by atoms with Crippen molar-refractivity contribution in [1.82, 2.24) is 0 Å². The second-order valence-electron chi connectivity index (χ2n) is 14.1. The lowest BCUT2D eigenvalue weighted by Crippen LogP contribution is -2.38. The molecule has 0 aliphatic carbocycles. The molecule has 1 spiro atoms. The molecular formula is C42H44O9. The molecule has 9 nitrogen and oxygen atoms in total. The quantitative estimate of drug-likeness (QED) is 0.0933. The first kappa shape index (κ1) is 34.5. The molecule has 0 N–H and O–H groups in total. The summed E-state index contributed by atoms with van der Waals surface area (Å²) in [5.74, 6) is 0.515. The van der Waals surface area contributed by atoms with Crippen molar-refractivity contribution < 1.29 is 36.9 Å².